The second-order valence-electron chi connectivity index (χ2n) is 3.99. The maximum absolute atomic E-state index is 10.9. The predicted octanol–water partition coefficient (Wildman–Crippen LogP) is 1.97. The van der Waals surface area contributed by atoms with Crippen molar-refractivity contribution in [2.75, 3.05) is 0 Å². The standard InChI is InChI=1S/C13H10N2O6/c16-7-8-2-1-3-9(6-8)21-12-11(15(19)20)5-4-10(14-12)13(17)18/h1-6,16H,7H2,(H,17,18). The summed E-state index contributed by atoms with van der Waals surface area (Å²) in [4.78, 5) is 24.7. The molecule has 0 bridgehead atoms. The Morgan fingerprint density at radius 3 is 2.71 bits per heavy atom. The van der Waals surface area contributed by atoms with Crippen LogP contribution in [-0.4, -0.2) is 26.1 Å². The summed E-state index contributed by atoms with van der Waals surface area (Å²) in [7, 11) is 0. The van der Waals surface area contributed by atoms with Gasteiger partial charge in [-0.15, -0.1) is 0 Å². The second-order valence-corrected chi connectivity index (χ2v) is 3.99. The van der Waals surface area contributed by atoms with Crippen LogP contribution >= 0.6 is 0 Å². The van der Waals surface area contributed by atoms with Gasteiger partial charge in [-0.25, -0.2) is 4.79 Å². The van der Waals surface area contributed by atoms with Crippen molar-refractivity contribution in [3.63, 3.8) is 0 Å². The van der Waals surface area contributed by atoms with Gasteiger partial charge >= 0.3 is 11.7 Å². The molecule has 0 saturated carbocycles. The van der Waals surface area contributed by atoms with E-state index in [1.165, 1.54) is 12.1 Å². The number of ether oxygens (including phenoxy) is 1. The number of carboxylic acids is 1. The fourth-order valence-electron chi connectivity index (χ4n) is 1.59. The number of hydrogen-bond acceptors (Lipinski definition) is 6. The molecule has 1 aromatic carbocycles. The highest BCUT2D eigenvalue weighted by Crippen LogP contribution is 2.29. The van der Waals surface area contributed by atoms with Crippen molar-refractivity contribution >= 4 is 11.7 Å². The van der Waals surface area contributed by atoms with Crippen LogP contribution in [0.5, 0.6) is 11.6 Å². The highest BCUT2D eigenvalue weighted by Gasteiger charge is 2.20. The maximum Gasteiger partial charge on any atom is 0.354 e. The summed E-state index contributed by atoms with van der Waals surface area (Å²) in [6, 6.07) is 8.26. The summed E-state index contributed by atoms with van der Waals surface area (Å²) >= 11 is 0. The first-order chi connectivity index (χ1) is 10.0. The molecular formula is C13H10N2O6. The molecule has 8 heteroatoms. The van der Waals surface area contributed by atoms with Gasteiger partial charge in [-0.2, -0.15) is 4.98 Å². The van der Waals surface area contributed by atoms with Gasteiger partial charge in [0, 0.05) is 6.07 Å². The summed E-state index contributed by atoms with van der Waals surface area (Å²) in [5, 5.41) is 28.8. The lowest BCUT2D eigenvalue weighted by Crippen LogP contribution is -2.04. The van der Waals surface area contributed by atoms with Crippen LogP contribution in [0, 0.1) is 10.1 Å². The van der Waals surface area contributed by atoms with Gasteiger partial charge in [0.2, 0.25) is 0 Å². The van der Waals surface area contributed by atoms with Gasteiger partial charge in [0.05, 0.1) is 11.5 Å². The molecule has 0 aliphatic carbocycles. The average molecular weight is 290 g/mol. The van der Waals surface area contributed by atoms with E-state index in [1.807, 2.05) is 0 Å². The van der Waals surface area contributed by atoms with Crippen LogP contribution in [0.3, 0.4) is 0 Å². The fraction of sp³-hybridized carbons (Fsp3) is 0.0769. The number of aliphatic hydroxyl groups excluding tert-OH is 1. The van der Waals surface area contributed by atoms with E-state index in [4.69, 9.17) is 14.9 Å². The Labute approximate surface area is 118 Å². The van der Waals surface area contributed by atoms with E-state index >= 15 is 0 Å². The van der Waals surface area contributed by atoms with Crippen LogP contribution in [0.2, 0.25) is 0 Å². The van der Waals surface area contributed by atoms with Gasteiger partial charge in [-0.3, -0.25) is 10.1 Å². The number of nitrogens with zero attached hydrogens (tertiary/aromatic N) is 2. The highest BCUT2D eigenvalue weighted by molar-refractivity contribution is 5.85. The topological polar surface area (TPSA) is 123 Å². The number of pyridine rings is 1. The Balaban J connectivity index is 2.42. The van der Waals surface area contributed by atoms with Gasteiger partial charge in [-0.1, -0.05) is 12.1 Å². The lowest BCUT2D eigenvalue weighted by molar-refractivity contribution is -0.386. The molecule has 21 heavy (non-hydrogen) atoms. The monoisotopic (exact) mass is 290 g/mol. The molecule has 0 saturated heterocycles. The van der Waals surface area contributed by atoms with Crippen LogP contribution in [0.25, 0.3) is 0 Å². The van der Waals surface area contributed by atoms with Crippen molar-refractivity contribution in [3.8, 4) is 11.6 Å². The molecule has 0 spiro atoms. The van der Waals surface area contributed by atoms with E-state index < -0.39 is 22.5 Å². The number of aliphatic hydroxyl groups is 1. The number of carbonyl (C=O) groups is 1. The van der Waals surface area contributed by atoms with Crippen LogP contribution in [0.1, 0.15) is 16.1 Å². The van der Waals surface area contributed by atoms with Crippen molar-refractivity contribution in [2.24, 2.45) is 0 Å². The molecule has 2 aromatic rings. The van der Waals surface area contributed by atoms with Gasteiger partial charge in [0.1, 0.15) is 5.75 Å². The Morgan fingerprint density at radius 1 is 1.33 bits per heavy atom. The number of aromatic carboxylic acids is 1. The fourth-order valence-corrected chi connectivity index (χ4v) is 1.59. The van der Waals surface area contributed by atoms with Crippen molar-refractivity contribution < 1.29 is 24.7 Å². The number of rotatable bonds is 5. The minimum Gasteiger partial charge on any atom is -0.477 e. The minimum atomic E-state index is -1.32. The van der Waals surface area contributed by atoms with Crippen molar-refractivity contribution in [1.29, 1.82) is 0 Å². The molecule has 0 atom stereocenters. The van der Waals surface area contributed by atoms with E-state index in [0.29, 0.717) is 5.56 Å². The Hall–Kier alpha value is -3.00. The van der Waals surface area contributed by atoms with E-state index in [0.717, 1.165) is 12.1 Å². The first-order valence-electron chi connectivity index (χ1n) is 5.77. The van der Waals surface area contributed by atoms with Crippen LogP contribution < -0.4 is 4.74 Å². The number of nitro groups is 1. The number of carboxylic acid groups (broad SMARTS) is 1. The molecule has 0 aliphatic heterocycles. The normalized spacial score (nSPS) is 10.1. The summed E-state index contributed by atoms with van der Waals surface area (Å²) in [6.45, 7) is -0.220. The molecule has 108 valence electrons. The zero-order chi connectivity index (χ0) is 15.4. The molecule has 0 aliphatic rings. The first kappa shape index (κ1) is 14.4. The highest BCUT2D eigenvalue weighted by atomic mass is 16.6. The number of hydrogen-bond donors (Lipinski definition) is 2. The minimum absolute atomic E-state index is 0.208. The quantitative estimate of drug-likeness (QED) is 0.637. The molecule has 8 nitrogen and oxygen atoms in total. The lowest BCUT2D eigenvalue weighted by atomic mass is 10.2. The predicted molar refractivity (Wildman–Crippen MR) is 70.3 cm³/mol. The van der Waals surface area contributed by atoms with E-state index in [-0.39, 0.29) is 18.1 Å². The van der Waals surface area contributed by atoms with Crippen molar-refractivity contribution in [1.82, 2.24) is 4.98 Å². The van der Waals surface area contributed by atoms with Gasteiger partial charge in [0.25, 0.3) is 5.88 Å². The van der Waals surface area contributed by atoms with Gasteiger partial charge < -0.3 is 14.9 Å². The third kappa shape index (κ3) is 3.31. The summed E-state index contributed by atoms with van der Waals surface area (Å²) in [6.07, 6.45) is 0. The van der Waals surface area contributed by atoms with E-state index in [2.05, 4.69) is 4.98 Å². The number of aromatic nitrogens is 1. The molecule has 0 amide bonds. The van der Waals surface area contributed by atoms with Gasteiger partial charge in [-0.05, 0) is 23.8 Å². The summed E-state index contributed by atoms with van der Waals surface area (Å²) < 4.78 is 5.28. The smallest absolute Gasteiger partial charge is 0.354 e. The second kappa shape index (κ2) is 5.97. The molecule has 2 N–H and O–H groups in total. The zero-order valence-corrected chi connectivity index (χ0v) is 10.6. The Kier molecular flexibility index (Phi) is 4.10. The van der Waals surface area contributed by atoms with Crippen molar-refractivity contribution in [2.45, 2.75) is 6.61 Å². The van der Waals surface area contributed by atoms with Crippen molar-refractivity contribution in [3.05, 3.63) is 57.8 Å². The molecule has 2 rings (SSSR count). The van der Waals surface area contributed by atoms with Gasteiger partial charge in [0.15, 0.2) is 5.69 Å². The number of benzene rings is 1. The summed E-state index contributed by atoms with van der Waals surface area (Å²) in [5.74, 6) is -1.53. The average Bonchev–Trinajstić information content (AvgIpc) is 2.47. The molecule has 1 heterocycles. The molecule has 0 unspecified atom stereocenters. The molecule has 1 aromatic heterocycles. The Bertz CT molecular complexity index is 701. The Morgan fingerprint density at radius 2 is 2.10 bits per heavy atom. The third-order valence-electron chi connectivity index (χ3n) is 2.55. The third-order valence-corrected chi connectivity index (χ3v) is 2.55. The summed E-state index contributed by atoms with van der Waals surface area (Å²) in [5.41, 5.74) is -0.271. The largest absolute Gasteiger partial charge is 0.477 e. The van der Waals surface area contributed by atoms with Crippen LogP contribution in [0.15, 0.2) is 36.4 Å². The molecular weight excluding hydrogens is 280 g/mol. The zero-order valence-electron chi connectivity index (χ0n) is 10.6. The lowest BCUT2D eigenvalue weighted by Gasteiger charge is -2.07. The van der Waals surface area contributed by atoms with E-state index in [1.54, 1.807) is 12.1 Å². The van der Waals surface area contributed by atoms with E-state index in [9.17, 15) is 14.9 Å². The van der Waals surface area contributed by atoms with Crippen LogP contribution in [-0.2, 0) is 6.61 Å². The molecule has 0 radical (unpaired) electrons. The molecule has 0 fully saturated rings. The maximum atomic E-state index is 10.9. The first-order valence-corrected chi connectivity index (χ1v) is 5.77. The van der Waals surface area contributed by atoms with Crippen LogP contribution in [0.4, 0.5) is 5.69 Å². The SMILES string of the molecule is O=C(O)c1ccc([N+](=O)[O-])c(Oc2cccc(CO)c2)n1.